The summed E-state index contributed by atoms with van der Waals surface area (Å²) in [5, 5.41) is 25.4. The van der Waals surface area contributed by atoms with Gasteiger partial charge in [0, 0.05) is 30.9 Å². The number of aliphatic hydroxyl groups is 1. The first kappa shape index (κ1) is 24.3. The predicted octanol–water partition coefficient (Wildman–Crippen LogP) is 2.39. The molecule has 1 saturated heterocycles. The van der Waals surface area contributed by atoms with Crippen LogP contribution in [0.2, 0.25) is 0 Å². The van der Waals surface area contributed by atoms with E-state index in [2.05, 4.69) is 36.4 Å². The molecule has 0 saturated carbocycles. The third-order valence-electron chi connectivity index (χ3n) is 7.21. The summed E-state index contributed by atoms with van der Waals surface area (Å²) in [5.74, 6) is 0.768. The van der Waals surface area contributed by atoms with Crippen molar-refractivity contribution >= 4 is 17.8 Å². The molecule has 0 bridgehead atoms. The minimum atomic E-state index is -0.980. The Morgan fingerprint density at radius 3 is 2.62 bits per heavy atom. The number of quaternary nitrogens is 1. The van der Waals surface area contributed by atoms with Gasteiger partial charge in [-0.3, -0.25) is 4.79 Å². The quantitative estimate of drug-likeness (QED) is 0.475. The number of aromatic nitrogens is 1. The molecular formula is C23H37N4O5+. The number of ether oxygens (including phenoxy) is 1. The molecule has 2 aliphatic rings. The van der Waals surface area contributed by atoms with Crippen LogP contribution in [0.25, 0.3) is 0 Å². The molecule has 0 aliphatic carbocycles. The van der Waals surface area contributed by atoms with Gasteiger partial charge in [-0.1, -0.05) is 0 Å². The highest BCUT2D eigenvalue weighted by molar-refractivity contribution is 5.94. The number of piperidine rings is 1. The minimum absolute atomic E-state index is 0.0310. The number of aliphatic hydroxyl groups excluding tert-OH is 1. The van der Waals surface area contributed by atoms with E-state index in [9.17, 15) is 14.7 Å². The summed E-state index contributed by atoms with van der Waals surface area (Å²) in [6.07, 6.45) is 1.76. The van der Waals surface area contributed by atoms with E-state index in [1.807, 2.05) is 6.07 Å². The number of carboxylic acid groups (broad SMARTS) is 1. The molecule has 0 spiro atoms. The summed E-state index contributed by atoms with van der Waals surface area (Å²) in [6.45, 7) is 8.77. The second-order valence-corrected chi connectivity index (χ2v) is 10.2. The van der Waals surface area contributed by atoms with Crippen LogP contribution in [0.5, 0.6) is 5.88 Å². The molecule has 1 aromatic heterocycles. The zero-order valence-electron chi connectivity index (χ0n) is 19.6. The second-order valence-electron chi connectivity index (χ2n) is 10.2. The lowest BCUT2D eigenvalue weighted by molar-refractivity contribution is -0.977. The summed E-state index contributed by atoms with van der Waals surface area (Å²) < 4.78 is 5.87. The number of nitrogens with zero attached hydrogens (tertiary/aromatic N) is 2. The molecule has 3 heterocycles. The van der Waals surface area contributed by atoms with Crippen LogP contribution in [0.3, 0.4) is 0 Å². The van der Waals surface area contributed by atoms with E-state index in [1.54, 1.807) is 13.2 Å². The summed E-state index contributed by atoms with van der Waals surface area (Å²) in [7, 11) is 1.54. The van der Waals surface area contributed by atoms with Crippen LogP contribution < -0.4 is 15.4 Å². The number of anilines is 1. The molecule has 32 heavy (non-hydrogen) atoms. The molecule has 9 nitrogen and oxygen atoms in total. The topological polar surface area (TPSA) is 121 Å². The van der Waals surface area contributed by atoms with Gasteiger partial charge < -0.3 is 30.1 Å². The predicted molar refractivity (Wildman–Crippen MR) is 121 cm³/mol. The number of hydrogen-bond acceptors (Lipinski definition) is 5. The SMILES string of the molecule is COc1ccc2c(n1)NC(=O)C(CCC(O)C[N+]1(C(C)(C)C)CCC(NC(=O)O)CC1)C2. The Morgan fingerprint density at radius 2 is 2.03 bits per heavy atom. The number of hydrogen-bond donors (Lipinski definition) is 4. The van der Waals surface area contributed by atoms with Crippen LogP contribution in [-0.4, -0.2) is 76.1 Å². The third-order valence-corrected chi connectivity index (χ3v) is 7.21. The fourth-order valence-corrected chi connectivity index (χ4v) is 5.06. The van der Waals surface area contributed by atoms with E-state index in [4.69, 9.17) is 9.84 Å². The van der Waals surface area contributed by atoms with Gasteiger partial charge >= 0.3 is 6.09 Å². The smallest absolute Gasteiger partial charge is 0.404 e. The van der Waals surface area contributed by atoms with Crippen molar-refractivity contribution in [3.63, 3.8) is 0 Å². The molecule has 3 rings (SSSR count). The number of methoxy groups -OCH3 is 1. The van der Waals surface area contributed by atoms with Crippen molar-refractivity contribution in [3.8, 4) is 5.88 Å². The maximum absolute atomic E-state index is 12.6. The summed E-state index contributed by atoms with van der Waals surface area (Å²) >= 11 is 0. The van der Waals surface area contributed by atoms with Gasteiger partial charge in [0.25, 0.3) is 0 Å². The van der Waals surface area contributed by atoms with Gasteiger partial charge in [0.15, 0.2) is 0 Å². The molecule has 2 unspecified atom stereocenters. The standard InChI is InChI=1S/C23H36N4O5/c1-23(2,3)27(11-9-17(10-12-27)24-22(30)31)14-18(28)7-5-16-13-15-6-8-19(32-4)25-20(15)26-21(16)29/h6,8,16-18,24,28H,5,7,9-14H2,1-4H3,(H-,25,26,29,30,31)/p+1. The Hall–Kier alpha value is -2.39. The average Bonchev–Trinajstić information content (AvgIpc) is 2.72. The molecule has 2 aliphatic heterocycles. The normalized spacial score (nSPS) is 26.6. The molecule has 2 atom stereocenters. The molecule has 1 fully saturated rings. The van der Waals surface area contributed by atoms with Crippen molar-refractivity contribution in [2.45, 2.75) is 70.6 Å². The third kappa shape index (κ3) is 5.50. The highest BCUT2D eigenvalue weighted by Crippen LogP contribution is 2.33. The van der Waals surface area contributed by atoms with Crippen LogP contribution in [-0.2, 0) is 11.2 Å². The molecule has 178 valence electrons. The lowest BCUT2D eigenvalue weighted by Gasteiger charge is -2.53. The Kier molecular flexibility index (Phi) is 7.29. The molecule has 9 heteroatoms. The lowest BCUT2D eigenvalue weighted by atomic mass is 9.88. The number of pyridine rings is 1. The van der Waals surface area contributed by atoms with E-state index in [0.29, 0.717) is 37.5 Å². The van der Waals surface area contributed by atoms with Gasteiger partial charge in [-0.05, 0) is 51.7 Å². The number of carbonyl (C=O) groups excluding carboxylic acids is 1. The van der Waals surface area contributed by atoms with Gasteiger partial charge in [-0.2, -0.15) is 4.98 Å². The first-order chi connectivity index (χ1) is 15.0. The second kappa shape index (κ2) is 9.62. The van der Waals surface area contributed by atoms with Gasteiger partial charge in [-0.15, -0.1) is 0 Å². The molecule has 1 aromatic rings. The van der Waals surface area contributed by atoms with Gasteiger partial charge in [-0.25, -0.2) is 4.79 Å². The monoisotopic (exact) mass is 449 g/mol. The largest absolute Gasteiger partial charge is 0.481 e. The van der Waals surface area contributed by atoms with Crippen LogP contribution in [0.15, 0.2) is 12.1 Å². The lowest BCUT2D eigenvalue weighted by Crippen LogP contribution is -2.67. The molecule has 0 radical (unpaired) electrons. The first-order valence-electron chi connectivity index (χ1n) is 11.4. The van der Waals surface area contributed by atoms with E-state index in [-0.39, 0.29) is 23.4 Å². The zero-order chi connectivity index (χ0) is 23.5. The highest BCUT2D eigenvalue weighted by atomic mass is 16.5. The van der Waals surface area contributed by atoms with E-state index >= 15 is 0 Å². The van der Waals surface area contributed by atoms with Crippen molar-refractivity contribution in [1.82, 2.24) is 10.3 Å². The summed E-state index contributed by atoms with van der Waals surface area (Å²) in [4.78, 5) is 27.9. The van der Waals surface area contributed by atoms with E-state index < -0.39 is 12.2 Å². The Balaban J connectivity index is 1.58. The van der Waals surface area contributed by atoms with Gasteiger partial charge in [0.1, 0.15) is 18.5 Å². The maximum Gasteiger partial charge on any atom is 0.404 e. The number of carbonyl (C=O) groups is 2. The van der Waals surface area contributed by atoms with Crippen LogP contribution in [0.1, 0.15) is 52.0 Å². The fraction of sp³-hybridized carbons (Fsp3) is 0.696. The number of rotatable bonds is 7. The van der Waals surface area contributed by atoms with E-state index in [0.717, 1.165) is 36.0 Å². The zero-order valence-corrected chi connectivity index (χ0v) is 19.6. The first-order valence-corrected chi connectivity index (χ1v) is 11.4. The maximum atomic E-state index is 12.6. The summed E-state index contributed by atoms with van der Waals surface area (Å²) in [5.41, 5.74) is 0.914. The highest BCUT2D eigenvalue weighted by Gasteiger charge is 2.44. The van der Waals surface area contributed by atoms with Gasteiger partial charge in [0.2, 0.25) is 11.8 Å². The molecule has 0 aromatic carbocycles. The number of likely N-dealkylation sites (tertiary alicyclic amines) is 1. The molecule has 4 N–H and O–H groups in total. The van der Waals surface area contributed by atoms with Crippen molar-refractivity contribution in [3.05, 3.63) is 17.7 Å². The van der Waals surface area contributed by atoms with Crippen LogP contribution in [0, 0.1) is 5.92 Å². The molecular weight excluding hydrogens is 412 g/mol. The molecule has 2 amide bonds. The van der Waals surface area contributed by atoms with Crippen molar-refractivity contribution in [2.24, 2.45) is 5.92 Å². The van der Waals surface area contributed by atoms with Crippen LogP contribution in [0.4, 0.5) is 10.6 Å². The Labute approximate surface area is 189 Å². The van der Waals surface area contributed by atoms with Crippen molar-refractivity contribution < 1.29 is 29.0 Å². The number of nitrogens with one attached hydrogen (secondary N) is 2. The number of amides is 2. The summed E-state index contributed by atoms with van der Waals surface area (Å²) in [6, 6.07) is 3.69. The Morgan fingerprint density at radius 1 is 1.34 bits per heavy atom. The van der Waals surface area contributed by atoms with E-state index in [1.165, 1.54) is 0 Å². The van der Waals surface area contributed by atoms with Gasteiger partial charge in [0.05, 0.1) is 25.7 Å². The van der Waals surface area contributed by atoms with Crippen molar-refractivity contribution in [1.29, 1.82) is 0 Å². The number of fused-ring (bicyclic) bond motifs is 1. The van der Waals surface area contributed by atoms with Crippen molar-refractivity contribution in [2.75, 3.05) is 32.1 Å². The Bertz CT molecular complexity index is 830. The fourth-order valence-electron chi connectivity index (χ4n) is 5.06. The van der Waals surface area contributed by atoms with Crippen LogP contribution >= 0.6 is 0 Å². The average molecular weight is 450 g/mol. The minimum Gasteiger partial charge on any atom is -0.481 e.